The van der Waals surface area contributed by atoms with E-state index >= 15 is 0 Å². The first-order valence-corrected chi connectivity index (χ1v) is 7.58. The molecule has 3 rings (SSSR count). The second-order valence-corrected chi connectivity index (χ2v) is 5.66. The monoisotopic (exact) mass is 345 g/mol. The molecule has 2 unspecified atom stereocenters. The standard InChI is InChI=1S/C16H16FN5O3/c1-9(22-8-18-7-20-22)15(23)21-14(16(24)25)4-10-6-19-13-5-11(17)2-3-12(10)13/h2-3,5-9,14,19H,4H2,1H3,(H,21,23)(H,24,25). The maximum absolute atomic E-state index is 13.2. The van der Waals surface area contributed by atoms with Crippen molar-refractivity contribution in [3.63, 3.8) is 0 Å². The number of nitrogens with one attached hydrogen (secondary N) is 2. The van der Waals surface area contributed by atoms with Crippen LogP contribution in [0, 0.1) is 5.82 Å². The van der Waals surface area contributed by atoms with E-state index in [9.17, 15) is 19.1 Å². The van der Waals surface area contributed by atoms with Crippen molar-refractivity contribution in [1.82, 2.24) is 25.1 Å². The summed E-state index contributed by atoms with van der Waals surface area (Å²) in [4.78, 5) is 30.5. The molecule has 3 N–H and O–H groups in total. The summed E-state index contributed by atoms with van der Waals surface area (Å²) in [6.45, 7) is 1.59. The predicted molar refractivity (Wildman–Crippen MR) is 86.3 cm³/mol. The minimum absolute atomic E-state index is 0.0663. The lowest BCUT2D eigenvalue weighted by molar-refractivity contribution is -0.142. The molecule has 0 fully saturated rings. The van der Waals surface area contributed by atoms with Gasteiger partial charge in [-0.2, -0.15) is 5.10 Å². The number of aliphatic carboxylic acids is 1. The fraction of sp³-hybridized carbons (Fsp3) is 0.250. The molecular formula is C16H16FN5O3. The highest BCUT2D eigenvalue weighted by molar-refractivity contribution is 5.87. The molecule has 0 saturated carbocycles. The maximum atomic E-state index is 13.2. The van der Waals surface area contributed by atoms with Gasteiger partial charge in [0.05, 0.1) is 0 Å². The number of benzene rings is 1. The SMILES string of the molecule is CC(C(=O)NC(Cc1c[nH]c2cc(F)ccc12)C(=O)O)n1cncn1. The van der Waals surface area contributed by atoms with E-state index in [1.165, 1.54) is 29.5 Å². The van der Waals surface area contributed by atoms with Gasteiger partial charge in [-0.25, -0.2) is 18.9 Å². The second kappa shape index (κ2) is 6.71. The van der Waals surface area contributed by atoms with Crippen LogP contribution in [0.5, 0.6) is 0 Å². The predicted octanol–water partition coefficient (Wildman–Crippen LogP) is 1.27. The van der Waals surface area contributed by atoms with Crippen LogP contribution in [0.15, 0.2) is 37.1 Å². The molecule has 1 aromatic carbocycles. The third-order valence-electron chi connectivity index (χ3n) is 3.98. The van der Waals surface area contributed by atoms with Crippen molar-refractivity contribution >= 4 is 22.8 Å². The Morgan fingerprint density at radius 3 is 2.92 bits per heavy atom. The molecule has 3 aromatic rings. The summed E-state index contributed by atoms with van der Waals surface area (Å²) in [6, 6.07) is 2.40. The van der Waals surface area contributed by atoms with Crippen LogP contribution < -0.4 is 5.32 Å². The molecule has 0 aliphatic carbocycles. The number of carbonyl (C=O) groups is 2. The fourth-order valence-electron chi connectivity index (χ4n) is 2.58. The number of rotatable bonds is 6. The van der Waals surface area contributed by atoms with E-state index in [0.717, 1.165) is 0 Å². The van der Waals surface area contributed by atoms with Gasteiger partial charge in [-0.1, -0.05) is 0 Å². The molecule has 0 aliphatic rings. The number of hydrogen-bond acceptors (Lipinski definition) is 4. The van der Waals surface area contributed by atoms with Gasteiger partial charge in [0.25, 0.3) is 0 Å². The van der Waals surface area contributed by atoms with Gasteiger partial charge in [0.1, 0.15) is 30.6 Å². The number of carboxylic acid groups (broad SMARTS) is 1. The Morgan fingerprint density at radius 2 is 2.24 bits per heavy atom. The molecule has 2 heterocycles. The van der Waals surface area contributed by atoms with Crippen LogP contribution in [0.4, 0.5) is 4.39 Å². The van der Waals surface area contributed by atoms with Crippen LogP contribution in [-0.2, 0) is 16.0 Å². The number of halogens is 1. The van der Waals surface area contributed by atoms with E-state index in [-0.39, 0.29) is 12.2 Å². The molecule has 2 atom stereocenters. The number of nitrogens with zero attached hydrogens (tertiary/aromatic N) is 3. The number of fused-ring (bicyclic) bond motifs is 1. The average Bonchev–Trinajstić information content (AvgIpc) is 3.23. The minimum atomic E-state index is -1.16. The van der Waals surface area contributed by atoms with E-state index in [1.807, 2.05) is 0 Å². The van der Waals surface area contributed by atoms with Gasteiger partial charge >= 0.3 is 5.97 Å². The third-order valence-corrected chi connectivity index (χ3v) is 3.98. The highest BCUT2D eigenvalue weighted by Crippen LogP contribution is 2.20. The van der Waals surface area contributed by atoms with E-state index in [4.69, 9.17) is 0 Å². The number of amides is 1. The zero-order chi connectivity index (χ0) is 18.0. The Hall–Kier alpha value is -3.23. The lowest BCUT2D eigenvalue weighted by Gasteiger charge is -2.17. The summed E-state index contributed by atoms with van der Waals surface area (Å²) in [5.74, 6) is -2.02. The molecule has 9 heteroatoms. The van der Waals surface area contributed by atoms with Gasteiger partial charge in [-0.3, -0.25) is 4.79 Å². The van der Waals surface area contributed by atoms with Crippen molar-refractivity contribution in [3.05, 3.63) is 48.4 Å². The van der Waals surface area contributed by atoms with Crippen LogP contribution in [0.1, 0.15) is 18.5 Å². The Morgan fingerprint density at radius 1 is 1.44 bits per heavy atom. The van der Waals surface area contributed by atoms with Crippen molar-refractivity contribution in [2.24, 2.45) is 0 Å². The second-order valence-electron chi connectivity index (χ2n) is 5.66. The molecule has 0 saturated heterocycles. The van der Waals surface area contributed by atoms with Gasteiger partial charge in [-0.15, -0.1) is 0 Å². The first-order chi connectivity index (χ1) is 12.0. The van der Waals surface area contributed by atoms with E-state index in [2.05, 4.69) is 20.4 Å². The van der Waals surface area contributed by atoms with Crippen molar-refractivity contribution in [2.45, 2.75) is 25.4 Å². The number of carbonyl (C=O) groups excluding carboxylic acids is 1. The zero-order valence-electron chi connectivity index (χ0n) is 13.3. The topological polar surface area (TPSA) is 113 Å². The number of carboxylic acids is 1. The van der Waals surface area contributed by atoms with Gasteiger partial charge in [0.15, 0.2) is 0 Å². The van der Waals surface area contributed by atoms with E-state index in [0.29, 0.717) is 16.5 Å². The molecular weight excluding hydrogens is 329 g/mol. The van der Waals surface area contributed by atoms with Gasteiger partial charge in [-0.05, 0) is 30.7 Å². The Labute approximate surface area is 141 Å². The molecule has 2 aromatic heterocycles. The number of hydrogen-bond donors (Lipinski definition) is 3. The Balaban J connectivity index is 1.77. The largest absolute Gasteiger partial charge is 0.480 e. The van der Waals surface area contributed by atoms with Gasteiger partial charge in [0, 0.05) is 23.5 Å². The Bertz CT molecular complexity index is 906. The van der Waals surface area contributed by atoms with Crippen LogP contribution in [0.25, 0.3) is 10.9 Å². The summed E-state index contributed by atoms with van der Waals surface area (Å²) in [7, 11) is 0. The van der Waals surface area contributed by atoms with Crippen molar-refractivity contribution in [1.29, 1.82) is 0 Å². The summed E-state index contributed by atoms with van der Waals surface area (Å²) >= 11 is 0. The first kappa shape index (κ1) is 16.6. The highest BCUT2D eigenvalue weighted by atomic mass is 19.1. The lowest BCUT2D eigenvalue weighted by Crippen LogP contribution is -2.45. The highest BCUT2D eigenvalue weighted by Gasteiger charge is 2.25. The van der Waals surface area contributed by atoms with Gasteiger partial charge < -0.3 is 15.4 Å². The van der Waals surface area contributed by atoms with Crippen LogP contribution in [-0.4, -0.2) is 42.8 Å². The number of aromatic amines is 1. The molecule has 0 radical (unpaired) electrons. The third kappa shape index (κ3) is 3.49. The van der Waals surface area contributed by atoms with Crippen LogP contribution in [0.2, 0.25) is 0 Å². The molecule has 25 heavy (non-hydrogen) atoms. The fourth-order valence-corrected chi connectivity index (χ4v) is 2.58. The first-order valence-electron chi connectivity index (χ1n) is 7.58. The number of aromatic nitrogens is 4. The Kier molecular flexibility index (Phi) is 4.46. The molecule has 8 nitrogen and oxygen atoms in total. The lowest BCUT2D eigenvalue weighted by atomic mass is 10.0. The van der Waals surface area contributed by atoms with Crippen LogP contribution >= 0.6 is 0 Å². The molecule has 0 aliphatic heterocycles. The maximum Gasteiger partial charge on any atom is 0.326 e. The summed E-state index contributed by atoms with van der Waals surface area (Å²) in [5.41, 5.74) is 1.25. The summed E-state index contributed by atoms with van der Waals surface area (Å²) in [6.07, 6.45) is 4.36. The van der Waals surface area contributed by atoms with Crippen molar-refractivity contribution < 1.29 is 19.1 Å². The van der Waals surface area contributed by atoms with Crippen molar-refractivity contribution in [3.8, 4) is 0 Å². The quantitative estimate of drug-likeness (QED) is 0.623. The van der Waals surface area contributed by atoms with Crippen LogP contribution in [0.3, 0.4) is 0 Å². The smallest absolute Gasteiger partial charge is 0.326 e. The number of H-pyrrole nitrogens is 1. The molecule has 1 amide bonds. The van der Waals surface area contributed by atoms with Crippen molar-refractivity contribution in [2.75, 3.05) is 0 Å². The minimum Gasteiger partial charge on any atom is -0.480 e. The molecule has 0 spiro atoms. The van der Waals surface area contributed by atoms with E-state index in [1.54, 1.807) is 19.2 Å². The average molecular weight is 345 g/mol. The molecule has 0 bridgehead atoms. The molecule has 130 valence electrons. The van der Waals surface area contributed by atoms with Gasteiger partial charge in [0.2, 0.25) is 5.91 Å². The normalized spacial score (nSPS) is 13.5. The van der Waals surface area contributed by atoms with E-state index < -0.39 is 24.0 Å². The summed E-state index contributed by atoms with van der Waals surface area (Å²) < 4.78 is 14.6. The summed E-state index contributed by atoms with van der Waals surface area (Å²) in [5, 5.41) is 16.5. The zero-order valence-corrected chi connectivity index (χ0v) is 13.3.